The van der Waals surface area contributed by atoms with Gasteiger partial charge in [0, 0.05) is 10.0 Å². The van der Waals surface area contributed by atoms with E-state index in [-0.39, 0.29) is 6.42 Å². The third-order valence-corrected chi connectivity index (χ3v) is 5.42. The van der Waals surface area contributed by atoms with E-state index in [4.69, 9.17) is 5.11 Å². The summed E-state index contributed by atoms with van der Waals surface area (Å²) in [4.78, 5) is 36.3. The van der Waals surface area contributed by atoms with Gasteiger partial charge >= 0.3 is 5.97 Å². The molecule has 1 fully saturated rings. The zero-order chi connectivity index (χ0) is 19.4. The maximum absolute atomic E-state index is 12.7. The molecule has 0 aromatic heterocycles. The summed E-state index contributed by atoms with van der Waals surface area (Å²) in [7, 11) is 0. The van der Waals surface area contributed by atoms with E-state index in [1.54, 1.807) is 30.3 Å². The van der Waals surface area contributed by atoms with Crippen LogP contribution in [0.2, 0.25) is 0 Å². The molecule has 2 aromatic rings. The number of amides is 2. The standard InChI is InChI=1S/C19H15BrN2O4S/c20-14-8-4-7-13(10-14)18(25)21-22-16(9-12-5-2-1-3-6-12)27-15(19(22)26)11-17(23)24/h1-10,15H,11H2,(H,21,25)(H,23,24)/b16-9+. The number of halogens is 1. The summed E-state index contributed by atoms with van der Waals surface area (Å²) in [5.74, 6) is -1.99. The van der Waals surface area contributed by atoms with Crippen molar-refractivity contribution in [2.45, 2.75) is 11.7 Å². The molecule has 0 saturated carbocycles. The van der Waals surface area contributed by atoms with Crippen LogP contribution in [0.5, 0.6) is 0 Å². The van der Waals surface area contributed by atoms with Gasteiger partial charge in [-0.15, -0.1) is 0 Å². The first kappa shape index (κ1) is 19.2. The summed E-state index contributed by atoms with van der Waals surface area (Å²) in [5, 5.41) is 9.86. The monoisotopic (exact) mass is 446 g/mol. The van der Waals surface area contributed by atoms with Crippen molar-refractivity contribution < 1.29 is 19.5 Å². The number of nitrogens with one attached hydrogen (secondary N) is 1. The van der Waals surface area contributed by atoms with Gasteiger partial charge in [-0.3, -0.25) is 19.8 Å². The molecule has 6 nitrogen and oxygen atoms in total. The lowest BCUT2D eigenvalue weighted by Gasteiger charge is -2.18. The van der Waals surface area contributed by atoms with E-state index in [0.29, 0.717) is 10.6 Å². The Kier molecular flexibility index (Phi) is 5.98. The Hall–Kier alpha value is -2.58. The molecule has 8 heteroatoms. The fourth-order valence-electron chi connectivity index (χ4n) is 2.49. The van der Waals surface area contributed by atoms with Crippen molar-refractivity contribution in [3.8, 4) is 0 Å². The first-order valence-corrected chi connectivity index (χ1v) is 9.67. The number of benzene rings is 2. The second kappa shape index (κ2) is 8.41. The Morgan fingerprint density at radius 1 is 1.19 bits per heavy atom. The third kappa shape index (κ3) is 4.78. The summed E-state index contributed by atoms with van der Waals surface area (Å²) < 4.78 is 0.737. The fourth-order valence-corrected chi connectivity index (χ4v) is 4.05. The lowest BCUT2D eigenvalue weighted by atomic mass is 10.2. The van der Waals surface area contributed by atoms with Gasteiger partial charge in [0.1, 0.15) is 10.3 Å². The summed E-state index contributed by atoms with van der Waals surface area (Å²) in [5.41, 5.74) is 3.80. The van der Waals surface area contributed by atoms with E-state index < -0.39 is 23.0 Å². The molecular weight excluding hydrogens is 432 g/mol. The summed E-state index contributed by atoms with van der Waals surface area (Å²) >= 11 is 4.43. The lowest BCUT2D eigenvalue weighted by molar-refractivity contribution is -0.139. The van der Waals surface area contributed by atoms with Gasteiger partial charge in [0.25, 0.3) is 11.8 Å². The number of carboxylic acids is 1. The number of rotatable bonds is 5. The van der Waals surface area contributed by atoms with Crippen LogP contribution in [0.4, 0.5) is 0 Å². The van der Waals surface area contributed by atoms with E-state index in [2.05, 4.69) is 21.4 Å². The van der Waals surface area contributed by atoms with Crippen molar-refractivity contribution >= 4 is 51.6 Å². The van der Waals surface area contributed by atoms with E-state index in [0.717, 1.165) is 26.8 Å². The van der Waals surface area contributed by atoms with Gasteiger partial charge in [0.15, 0.2) is 0 Å². The quantitative estimate of drug-likeness (QED) is 0.733. The van der Waals surface area contributed by atoms with Crippen molar-refractivity contribution in [1.29, 1.82) is 0 Å². The normalized spacial score (nSPS) is 18.0. The van der Waals surface area contributed by atoms with Crippen molar-refractivity contribution in [2.75, 3.05) is 0 Å². The molecule has 0 aliphatic carbocycles. The molecule has 1 atom stereocenters. The number of aliphatic carboxylic acids is 1. The van der Waals surface area contributed by atoms with E-state index in [9.17, 15) is 14.4 Å². The molecule has 0 bridgehead atoms. The number of hydrazine groups is 1. The first-order valence-electron chi connectivity index (χ1n) is 8.00. The Bertz CT molecular complexity index is 917. The van der Waals surface area contributed by atoms with E-state index in [1.807, 2.05) is 30.3 Å². The number of hydrogen-bond donors (Lipinski definition) is 2. The molecule has 138 valence electrons. The van der Waals surface area contributed by atoms with Crippen molar-refractivity contribution in [2.24, 2.45) is 0 Å². The molecule has 0 radical (unpaired) electrons. The van der Waals surface area contributed by atoms with Gasteiger partial charge < -0.3 is 5.11 Å². The second-order valence-corrected chi connectivity index (χ2v) is 7.86. The Morgan fingerprint density at radius 2 is 1.93 bits per heavy atom. The van der Waals surface area contributed by atoms with E-state index >= 15 is 0 Å². The average molecular weight is 447 g/mol. The van der Waals surface area contributed by atoms with Crippen LogP contribution in [0.3, 0.4) is 0 Å². The maximum Gasteiger partial charge on any atom is 0.305 e. The molecule has 1 heterocycles. The van der Waals surface area contributed by atoms with Crippen LogP contribution < -0.4 is 5.43 Å². The van der Waals surface area contributed by atoms with Crippen molar-refractivity contribution in [1.82, 2.24) is 10.4 Å². The number of carbonyl (C=O) groups excluding carboxylic acids is 2. The fraction of sp³-hybridized carbons (Fsp3) is 0.105. The molecule has 1 aliphatic rings. The molecule has 0 spiro atoms. The van der Waals surface area contributed by atoms with Gasteiger partial charge in [-0.1, -0.05) is 64.1 Å². The van der Waals surface area contributed by atoms with E-state index in [1.165, 1.54) is 0 Å². The predicted molar refractivity (Wildman–Crippen MR) is 107 cm³/mol. The predicted octanol–water partition coefficient (Wildman–Crippen LogP) is 3.51. The van der Waals surface area contributed by atoms with Crippen LogP contribution in [0.1, 0.15) is 22.3 Å². The largest absolute Gasteiger partial charge is 0.481 e. The lowest BCUT2D eigenvalue weighted by Crippen LogP contribution is -2.44. The highest BCUT2D eigenvalue weighted by Gasteiger charge is 2.39. The maximum atomic E-state index is 12.7. The van der Waals surface area contributed by atoms with Gasteiger partial charge in [-0.2, -0.15) is 0 Å². The average Bonchev–Trinajstić information content (AvgIpc) is 2.90. The molecule has 1 saturated heterocycles. The Labute approximate surface area is 168 Å². The van der Waals surface area contributed by atoms with Crippen LogP contribution in [0, 0.1) is 0 Å². The molecule has 2 N–H and O–H groups in total. The van der Waals surface area contributed by atoms with Crippen LogP contribution >= 0.6 is 27.7 Å². The highest BCUT2D eigenvalue weighted by atomic mass is 79.9. The zero-order valence-electron chi connectivity index (χ0n) is 14.0. The summed E-state index contributed by atoms with van der Waals surface area (Å²) in [6, 6.07) is 16.1. The number of thioether (sulfide) groups is 1. The highest BCUT2D eigenvalue weighted by Crippen LogP contribution is 2.37. The Balaban J connectivity index is 1.88. The minimum Gasteiger partial charge on any atom is -0.481 e. The van der Waals surface area contributed by atoms with Crippen LogP contribution in [-0.2, 0) is 9.59 Å². The zero-order valence-corrected chi connectivity index (χ0v) is 16.4. The number of carbonyl (C=O) groups is 3. The SMILES string of the molecule is O=C(O)CC1S/C(=C/c2ccccc2)N(NC(=O)c2cccc(Br)c2)C1=O. The molecule has 27 heavy (non-hydrogen) atoms. The van der Waals surface area contributed by atoms with Gasteiger partial charge in [0.2, 0.25) is 0 Å². The number of nitrogens with zero attached hydrogens (tertiary/aromatic N) is 1. The van der Waals surface area contributed by atoms with Crippen LogP contribution in [-0.4, -0.2) is 33.1 Å². The summed E-state index contributed by atoms with van der Waals surface area (Å²) in [6.45, 7) is 0. The minimum atomic E-state index is -1.07. The topological polar surface area (TPSA) is 86.7 Å². The Morgan fingerprint density at radius 3 is 2.59 bits per heavy atom. The van der Waals surface area contributed by atoms with Crippen LogP contribution in [0.15, 0.2) is 64.1 Å². The van der Waals surface area contributed by atoms with Gasteiger partial charge in [-0.25, -0.2) is 5.01 Å². The number of hydrogen-bond acceptors (Lipinski definition) is 4. The summed E-state index contributed by atoms with van der Waals surface area (Å²) in [6.07, 6.45) is 1.42. The molecule has 2 amide bonds. The molecule has 3 rings (SSSR count). The number of carboxylic acid groups (broad SMARTS) is 1. The van der Waals surface area contributed by atoms with Crippen molar-refractivity contribution in [3.05, 3.63) is 75.2 Å². The molecular formula is C19H15BrN2O4S. The minimum absolute atomic E-state index is 0.321. The first-order chi connectivity index (χ1) is 12.9. The van der Waals surface area contributed by atoms with Gasteiger partial charge in [0.05, 0.1) is 6.42 Å². The van der Waals surface area contributed by atoms with Crippen molar-refractivity contribution in [3.63, 3.8) is 0 Å². The molecule has 1 aliphatic heterocycles. The smallest absolute Gasteiger partial charge is 0.305 e. The second-order valence-electron chi connectivity index (χ2n) is 5.72. The molecule has 1 unspecified atom stereocenters. The highest BCUT2D eigenvalue weighted by molar-refractivity contribution is 9.10. The third-order valence-electron chi connectivity index (χ3n) is 3.73. The van der Waals surface area contributed by atoms with Crippen LogP contribution in [0.25, 0.3) is 6.08 Å². The van der Waals surface area contributed by atoms with Gasteiger partial charge in [-0.05, 0) is 29.8 Å². The molecule has 2 aromatic carbocycles.